The lowest BCUT2D eigenvalue weighted by atomic mass is 10.1. The quantitative estimate of drug-likeness (QED) is 0.772. The van der Waals surface area contributed by atoms with E-state index in [1.807, 2.05) is 31.2 Å². The summed E-state index contributed by atoms with van der Waals surface area (Å²) < 4.78 is 5.51. The largest absolute Gasteiger partial charge is 0.494 e. The number of hydrogen-bond acceptors (Lipinski definition) is 3. The Labute approximate surface area is 108 Å². The first-order valence-corrected chi connectivity index (χ1v) is 6.27. The Bertz CT molecular complexity index is 379. The summed E-state index contributed by atoms with van der Waals surface area (Å²) in [5, 5.41) is 11.6. The fraction of sp³-hybridized carbons (Fsp3) is 0.500. The van der Waals surface area contributed by atoms with E-state index in [0.717, 1.165) is 17.7 Å². The molecule has 1 aromatic rings. The maximum atomic E-state index is 11.6. The molecule has 18 heavy (non-hydrogen) atoms. The highest BCUT2D eigenvalue weighted by Gasteiger charge is 2.07. The summed E-state index contributed by atoms with van der Waals surface area (Å²) in [6.45, 7) is 4.44. The second-order valence-electron chi connectivity index (χ2n) is 4.32. The summed E-state index contributed by atoms with van der Waals surface area (Å²) >= 11 is 0. The number of carbonyl (C=O) groups excluding carboxylic acids is 1. The Kier molecular flexibility index (Phi) is 6.22. The molecule has 1 rings (SSSR count). The Morgan fingerprint density at radius 3 is 2.94 bits per heavy atom. The standard InChI is InChI=1S/C14H21NO3/c1-3-7-18-13-6-4-5-12(8-13)9-14(17)15-11(2)10-16/h4-6,8,11,16H,3,7,9-10H2,1-2H3,(H,15,17). The Hall–Kier alpha value is -1.55. The van der Waals surface area contributed by atoms with Crippen LogP contribution in [-0.4, -0.2) is 30.3 Å². The van der Waals surface area contributed by atoms with Crippen LogP contribution in [0.4, 0.5) is 0 Å². The van der Waals surface area contributed by atoms with Crippen molar-refractivity contribution in [2.45, 2.75) is 32.7 Å². The van der Waals surface area contributed by atoms with Crippen LogP contribution in [0.5, 0.6) is 5.75 Å². The van der Waals surface area contributed by atoms with Gasteiger partial charge in [-0.25, -0.2) is 0 Å². The number of nitrogens with one attached hydrogen (secondary N) is 1. The molecule has 1 amide bonds. The van der Waals surface area contributed by atoms with Crippen molar-refractivity contribution >= 4 is 5.91 Å². The monoisotopic (exact) mass is 251 g/mol. The maximum Gasteiger partial charge on any atom is 0.224 e. The zero-order valence-corrected chi connectivity index (χ0v) is 11.0. The predicted molar refractivity (Wildman–Crippen MR) is 70.6 cm³/mol. The molecule has 0 aliphatic rings. The Morgan fingerprint density at radius 1 is 1.50 bits per heavy atom. The van der Waals surface area contributed by atoms with Crippen molar-refractivity contribution in [3.05, 3.63) is 29.8 Å². The number of hydrogen-bond donors (Lipinski definition) is 2. The first-order valence-electron chi connectivity index (χ1n) is 6.27. The van der Waals surface area contributed by atoms with Gasteiger partial charge in [0.25, 0.3) is 0 Å². The van der Waals surface area contributed by atoms with Gasteiger partial charge < -0.3 is 15.2 Å². The van der Waals surface area contributed by atoms with Gasteiger partial charge >= 0.3 is 0 Å². The molecule has 100 valence electrons. The van der Waals surface area contributed by atoms with Gasteiger partial charge in [-0.1, -0.05) is 19.1 Å². The third-order valence-corrected chi connectivity index (χ3v) is 2.42. The molecule has 4 nitrogen and oxygen atoms in total. The zero-order chi connectivity index (χ0) is 13.4. The summed E-state index contributed by atoms with van der Waals surface area (Å²) in [4.78, 5) is 11.6. The lowest BCUT2D eigenvalue weighted by molar-refractivity contribution is -0.121. The van der Waals surface area contributed by atoms with Crippen LogP contribution in [0.3, 0.4) is 0 Å². The summed E-state index contributed by atoms with van der Waals surface area (Å²) in [6, 6.07) is 7.31. The van der Waals surface area contributed by atoms with Crippen molar-refractivity contribution in [3.8, 4) is 5.75 Å². The number of aliphatic hydroxyl groups excluding tert-OH is 1. The minimum atomic E-state index is -0.211. The fourth-order valence-corrected chi connectivity index (χ4v) is 1.52. The number of carbonyl (C=O) groups is 1. The third kappa shape index (κ3) is 5.19. The third-order valence-electron chi connectivity index (χ3n) is 2.42. The molecule has 0 heterocycles. The molecule has 1 atom stereocenters. The maximum absolute atomic E-state index is 11.6. The molecule has 0 aromatic heterocycles. The molecular weight excluding hydrogens is 230 g/mol. The van der Waals surface area contributed by atoms with Gasteiger partial charge in [0.1, 0.15) is 5.75 Å². The average molecular weight is 251 g/mol. The van der Waals surface area contributed by atoms with Gasteiger partial charge in [-0.3, -0.25) is 4.79 Å². The van der Waals surface area contributed by atoms with Crippen LogP contribution in [0, 0.1) is 0 Å². The van der Waals surface area contributed by atoms with Gasteiger partial charge in [0.15, 0.2) is 0 Å². The van der Waals surface area contributed by atoms with Gasteiger partial charge in [0, 0.05) is 6.04 Å². The van der Waals surface area contributed by atoms with Crippen LogP contribution in [0.1, 0.15) is 25.8 Å². The van der Waals surface area contributed by atoms with Crippen LogP contribution in [0.25, 0.3) is 0 Å². The van der Waals surface area contributed by atoms with E-state index in [4.69, 9.17) is 9.84 Å². The summed E-state index contributed by atoms with van der Waals surface area (Å²) in [7, 11) is 0. The van der Waals surface area contributed by atoms with E-state index in [-0.39, 0.29) is 18.6 Å². The summed E-state index contributed by atoms with van der Waals surface area (Å²) in [6.07, 6.45) is 1.26. The van der Waals surface area contributed by atoms with Gasteiger partial charge in [0.2, 0.25) is 5.91 Å². The predicted octanol–water partition coefficient (Wildman–Crippen LogP) is 1.51. The fourth-order valence-electron chi connectivity index (χ4n) is 1.52. The lowest BCUT2D eigenvalue weighted by Crippen LogP contribution is -2.35. The molecule has 4 heteroatoms. The van der Waals surface area contributed by atoms with Gasteiger partial charge in [0.05, 0.1) is 19.6 Å². The Balaban J connectivity index is 2.53. The van der Waals surface area contributed by atoms with Crippen LogP contribution < -0.4 is 10.1 Å². The van der Waals surface area contributed by atoms with Crippen molar-refractivity contribution in [3.63, 3.8) is 0 Å². The van der Waals surface area contributed by atoms with E-state index >= 15 is 0 Å². The topological polar surface area (TPSA) is 58.6 Å². The van der Waals surface area contributed by atoms with Gasteiger partial charge in [-0.15, -0.1) is 0 Å². The van der Waals surface area contributed by atoms with Crippen LogP contribution in [0.2, 0.25) is 0 Å². The van der Waals surface area contributed by atoms with E-state index in [1.165, 1.54) is 0 Å². The highest BCUT2D eigenvalue weighted by molar-refractivity contribution is 5.78. The van der Waals surface area contributed by atoms with E-state index in [1.54, 1.807) is 6.92 Å². The second kappa shape index (κ2) is 7.71. The van der Waals surface area contributed by atoms with Crippen molar-refractivity contribution in [2.75, 3.05) is 13.2 Å². The number of aliphatic hydroxyl groups is 1. The van der Waals surface area contributed by atoms with E-state index in [2.05, 4.69) is 5.32 Å². The van der Waals surface area contributed by atoms with Crippen LogP contribution in [-0.2, 0) is 11.2 Å². The minimum Gasteiger partial charge on any atom is -0.494 e. The van der Waals surface area contributed by atoms with Gasteiger partial charge in [-0.2, -0.15) is 0 Å². The molecule has 1 unspecified atom stereocenters. The molecule has 0 saturated carbocycles. The Morgan fingerprint density at radius 2 is 2.28 bits per heavy atom. The molecule has 0 spiro atoms. The van der Waals surface area contributed by atoms with E-state index < -0.39 is 0 Å². The van der Waals surface area contributed by atoms with Crippen LogP contribution >= 0.6 is 0 Å². The highest BCUT2D eigenvalue weighted by atomic mass is 16.5. The highest BCUT2D eigenvalue weighted by Crippen LogP contribution is 2.14. The smallest absolute Gasteiger partial charge is 0.224 e. The summed E-state index contributed by atoms with van der Waals surface area (Å²) in [5.74, 6) is 0.696. The lowest BCUT2D eigenvalue weighted by Gasteiger charge is -2.11. The molecule has 0 radical (unpaired) electrons. The number of benzene rings is 1. The number of rotatable bonds is 7. The van der Waals surface area contributed by atoms with Crippen molar-refractivity contribution in [2.24, 2.45) is 0 Å². The normalized spacial score (nSPS) is 11.9. The number of ether oxygens (including phenoxy) is 1. The second-order valence-corrected chi connectivity index (χ2v) is 4.32. The van der Waals surface area contributed by atoms with Crippen molar-refractivity contribution in [1.82, 2.24) is 5.32 Å². The number of amides is 1. The average Bonchev–Trinajstić information content (AvgIpc) is 2.36. The molecular formula is C14H21NO3. The molecule has 0 aliphatic carbocycles. The molecule has 0 bridgehead atoms. The first kappa shape index (κ1) is 14.5. The van der Waals surface area contributed by atoms with Gasteiger partial charge in [-0.05, 0) is 31.0 Å². The molecule has 0 aliphatic heterocycles. The minimum absolute atomic E-state index is 0.0502. The van der Waals surface area contributed by atoms with Crippen molar-refractivity contribution < 1.29 is 14.6 Å². The van der Waals surface area contributed by atoms with Crippen molar-refractivity contribution in [1.29, 1.82) is 0 Å². The molecule has 0 fully saturated rings. The van der Waals surface area contributed by atoms with E-state index in [0.29, 0.717) is 13.0 Å². The SMILES string of the molecule is CCCOc1cccc(CC(=O)NC(C)CO)c1. The van der Waals surface area contributed by atoms with E-state index in [9.17, 15) is 4.79 Å². The zero-order valence-electron chi connectivity index (χ0n) is 11.0. The van der Waals surface area contributed by atoms with Crippen LogP contribution in [0.15, 0.2) is 24.3 Å². The molecule has 1 aromatic carbocycles. The molecule has 0 saturated heterocycles. The molecule has 2 N–H and O–H groups in total. The summed E-state index contributed by atoms with van der Waals surface area (Å²) in [5.41, 5.74) is 0.909. The first-order chi connectivity index (χ1) is 8.65.